The van der Waals surface area contributed by atoms with Crippen molar-refractivity contribution in [1.82, 2.24) is 19.7 Å². The molecule has 2 heterocycles. The molecule has 0 bridgehead atoms. The van der Waals surface area contributed by atoms with Gasteiger partial charge in [0.2, 0.25) is 5.62 Å². The van der Waals surface area contributed by atoms with Gasteiger partial charge in [-0.15, -0.1) is 0 Å². The molecule has 3 aromatic rings. The van der Waals surface area contributed by atoms with Gasteiger partial charge in [0.25, 0.3) is 0 Å². The van der Waals surface area contributed by atoms with Crippen molar-refractivity contribution in [3.05, 3.63) is 40.6 Å². The summed E-state index contributed by atoms with van der Waals surface area (Å²) < 4.78 is 2.09. The molecule has 0 aliphatic carbocycles. The zero-order chi connectivity index (χ0) is 21.1. The Hall–Kier alpha value is -2.38. The third-order valence-corrected chi connectivity index (χ3v) is 5.06. The second-order valence-corrected chi connectivity index (χ2v) is 8.16. The van der Waals surface area contributed by atoms with Gasteiger partial charge in [0.05, 0.1) is 23.9 Å². The summed E-state index contributed by atoms with van der Waals surface area (Å²) in [5.41, 5.74) is 4.14. The first-order chi connectivity index (χ1) is 13.8. The van der Waals surface area contributed by atoms with E-state index in [1.807, 2.05) is 31.2 Å². The van der Waals surface area contributed by atoms with E-state index in [0.717, 1.165) is 28.8 Å². The third-order valence-electron chi connectivity index (χ3n) is 4.82. The quantitative estimate of drug-likeness (QED) is 0.527. The number of hydrogen-bond donors (Lipinski definition) is 3. The Morgan fingerprint density at radius 3 is 2.62 bits per heavy atom. The lowest BCUT2D eigenvalue weighted by molar-refractivity contribution is 0.260. The van der Waals surface area contributed by atoms with Crippen LogP contribution < -0.4 is 10.9 Å². The Morgan fingerprint density at radius 2 is 2.03 bits per heavy atom. The van der Waals surface area contributed by atoms with Gasteiger partial charge in [-0.3, -0.25) is 5.10 Å². The maximum atomic E-state index is 9.69. The third kappa shape index (κ3) is 4.46. The molecule has 7 nitrogen and oxygen atoms in total. The minimum atomic E-state index is -0.210. The van der Waals surface area contributed by atoms with Gasteiger partial charge in [0.1, 0.15) is 0 Å². The van der Waals surface area contributed by atoms with Crippen LogP contribution in [-0.2, 0) is 0 Å². The van der Waals surface area contributed by atoms with E-state index in [4.69, 9.17) is 21.6 Å². The second kappa shape index (κ2) is 8.97. The Labute approximate surface area is 175 Å². The largest absolute Gasteiger partial charge is 0.394 e. The zero-order valence-electron chi connectivity index (χ0n) is 17.6. The number of hydrogen-bond acceptors (Lipinski definition) is 5. The Balaban J connectivity index is 2.32. The Bertz CT molecular complexity index is 1050. The van der Waals surface area contributed by atoms with E-state index in [1.165, 1.54) is 0 Å². The first-order valence-electron chi connectivity index (χ1n) is 10.0. The summed E-state index contributed by atoms with van der Waals surface area (Å²) in [5, 5.41) is 21.4. The van der Waals surface area contributed by atoms with E-state index in [0.29, 0.717) is 16.5 Å². The lowest BCUT2D eigenvalue weighted by Crippen LogP contribution is -2.30. The Kier molecular flexibility index (Phi) is 6.59. The number of aromatic nitrogens is 4. The summed E-state index contributed by atoms with van der Waals surface area (Å²) in [6, 6.07) is 7.39. The molecule has 1 atom stereocenters. The van der Waals surface area contributed by atoms with Crippen molar-refractivity contribution in [3.8, 4) is 0 Å². The monoisotopic (exact) mass is 416 g/mol. The first kappa shape index (κ1) is 21.3. The fraction of sp³-hybridized carbons (Fsp3) is 0.476. The lowest BCUT2D eigenvalue weighted by Gasteiger charge is -2.18. The molecule has 0 aliphatic rings. The highest BCUT2D eigenvalue weighted by atomic mass is 35.5. The second-order valence-electron chi connectivity index (χ2n) is 7.72. The molecule has 1 aromatic carbocycles. The normalized spacial score (nSPS) is 13.6. The van der Waals surface area contributed by atoms with Gasteiger partial charge in [-0.05, 0) is 44.4 Å². The van der Waals surface area contributed by atoms with Gasteiger partial charge in [-0.25, -0.2) is 4.99 Å². The molecule has 0 saturated carbocycles. The van der Waals surface area contributed by atoms with Crippen LogP contribution in [0, 0.1) is 0 Å². The molecule has 8 heteroatoms. The van der Waals surface area contributed by atoms with Crippen molar-refractivity contribution in [1.29, 1.82) is 0 Å². The van der Waals surface area contributed by atoms with E-state index >= 15 is 0 Å². The summed E-state index contributed by atoms with van der Waals surface area (Å²) in [5.74, 6) is 0.855. The molecule has 0 amide bonds. The molecule has 0 fully saturated rings. The molecule has 0 saturated heterocycles. The van der Waals surface area contributed by atoms with Crippen molar-refractivity contribution < 1.29 is 5.11 Å². The van der Waals surface area contributed by atoms with Crippen LogP contribution >= 0.6 is 11.6 Å². The topological polar surface area (TPSA) is 91.1 Å². The SMILES string of the molecule is CCC(CO)N=c1nc(Nc2cccc(Cl)c2)c2n[nH]c(C(C)C)c2n1C(C)C. The molecule has 3 rings (SSSR count). The van der Waals surface area contributed by atoms with Crippen LogP contribution in [0.25, 0.3) is 11.0 Å². The fourth-order valence-corrected chi connectivity index (χ4v) is 3.45. The average Bonchev–Trinajstić information content (AvgIpc) is 3.11. The molecule has 0 spiro atoms. The number of fused-ring (bicyclic) bond motifs is 1. The molecule has 2 aromatic heterocycles. The number of anilines is 2. The van der Waals surface area contributed by atoms with Crippen molar-refractivity contribution in [2.75, 3.05) is 11.9 Å². The standard InChI is InChI=1S/C21H29ClN6O/c1-6-15(11-29)24-21-25-20(23-16-9-7-8-14(22)10-16)18-19(28(21)13(4)5)17(12(2)3)26-27-18/h7-10,12-13,15,29H,6,11H2,1-5H3,(H,26,27)(H,23,24,25). The van der Waals surface area contributed by atoms with Gasteiger partial charge in [0.15, 0.2) is 11.3 Å². The van der Waals surface area contributed by atoms with Crippen molar-refractivity contribution in [2.24, 2.45) is 4.99 Å². The molecule has 3 N–H and O–H groups in total. The summed E-state index contributed by atoms with van der Waals surface area (Å²) in [4.78, 5) is 9.56. The van der Waals surface area contributed by atoms with Gasteiger partial charge >= 0.3 is 0 Å². The highest BCUT2D eigenvalue weighted by Crippen LogP contribution is 2.29. The van der Waals surface area contributed by atoms with Crippen LogP contribution in [0.2, 0.25) is 5.02 Å². The number of aliphatic hydroxyl groups is 1. The number of nitrogens with one attached hydrogen (secondary N) is 2. The average molecular weight is 417 g/mol. The van der Waals surface area contributed by atoms with E-state index in [2.05, 4.69) is 47.8 Å². The molecule has 1 unspecified atom stereocenters. The maximum Gasteiger partial charge on any atom is 0.228 e. The summed E-state index contributed by atoms with van der Waals surface area (Å²) in [7, 11) is 0. The number of benzene rings is 1. The van der Waals surface area contributed by atoms with Crippen molar-refractivity contribution in [2.45, 2.75) is 59.0 Å². The highest BCUT2D eigenvalue weighted by molar-refractivity contribution is 6.30. The van der Waals surface area contributed by atoms with E-state index in [1.54, 1.807) is 0 Å². The smallest absolute Gasteiger partial charge is 0.228 e. The summed E-state index contributed by atoms with van der Waals surface area (Å²) in [6.07, 6.45) is 0.730. The summed E-state index contributed by atoms with van der Waals surface area (Å²) in [6.45, 7) is 10.4. The van der Waals surface area contributed by atoms with Crippen LogP contribution in [0.4, 0.5) is 11.5 Å². The van der Waals surface area contributed by atoms with Gasteiger partial charge in [0, 0.05) is 16.8 Å². The van der Waals surface area contributed by atoms with E-state index < -0.39 is 0 Å². The van der Waals surface area contributed by atoms with E-state index in [-0.39, 0.29) is 24.6 Å². The molecule has 29 heavy (non-hydrogen) atoms. The van der Waals surface area contributed by atoms with Crippen LogP contribution in [-0.4, -0.2) is 37.5 Å². The van der Waals surface area contributed by atoms with Gasteiger partial charge < -0.3 is 15.0 Å². The van der Waals surface area contributed by atoms with Gasteiger partial charge in [-0.2, -0.15) is 10.1 Å². The fourth-order valence-electron chi connectivity index (χ4n) is 3.26. The number of H-pyrrole nitrogens is 1. The van der Waals surface area contributed by atoms with Gasteiger partial charge in [-0.1, -0.05) is 38.4 Å². The van der Waals surface area contributed by atoms with Crippen molar-refractivity contribution >= 4 is 34.1 Å². The number of aliphatic hydroxyl groups excluding tert-OH is 1. The summed E-state index contributed by atoms with van der Waals surface area (Å²) >= 11 is 6.15. The minimum Gasteiger partial charge on any atom is -0.394 e. The van der Waals surface area contributed by atoms with Crippen LogP contribution in [0.3, 0.4) is 0 Å². The molecule has 0 aliphatic heterocycles. The lowest BCUT2D eigenvalue weighted by atomic mass is 10.1. The van der Waals surface area contributed by atoms with Crippen molar-refractivity contribution in [3.63, 3.8) is 0 Å². The number of nitrogens with zero attached hydrogens (tertiary/aromatic N) is 4. The maximum absolute atomic E-state index is 9.69. The first-order valence-corrected chi connectivity index (χ1v) is 10.4. The van der Waals surface area contributed by atoms with Crippen LogP contribution in [0.5, 0.6) is 0 Å². The molecular formula is C21H29ClN6O. The number of halogens is 1. The molecule has 156 valence electrons. The minimum absolute atomic E-state index is 0.0200. The zero-order valence-corrected chi connectivity index (χ0v) is 18.3. The predicted molar refractivity (Wildman–Crippen MR) is 118 cm³/mol. The van der Waals surface area contributed by atoms with Crippen LogP contribution in [0.15, 0.2) is 29.3 Å². The molecular weight excluding hydrogens is 388 g/mol. The van der Waals surface area contributed by atoms with Crippen LogP contribution in [0.1, 0.15) is 58.7 Å². The highest BCUT2D eigenvalue weighted by Gasteiger charge is 2.20. The molecule has 0 radical (unpaired) electrons. The Morgan fingerprint density at radius 1 is 1.28 bits per heavy atom. The predicted octanol–water partition coefficient (Wildman–Crippen LogP) is 4.53. The van der Waals surface area contributed by atoms with E-state index in [9.17, 15) is 5.11 Å². The number of rotatable bonds is 7. The number of aromatic amines is 1.